The summed E-state index contributed by atoms with van der Waals surface area (Å²) >= 11 is 0. The number of nitrogens with one attached hydrogen (secondary N) is 2. The predicted molar refractivity (Wildman–Crippen MR) is 95.1 cm³/mol. The number of nitrogens with zero attached hydrogens (tertiary/aromatic N) is 4. The maximum atomic E-state index is 12.4. The zero-order valence-electron chi connectivity index (χ0n) is 14.4. The summed E-state index contributed by atoms with van der Waals surface area (Å²) in [5, 5.41) is 5.91. The molecule has 2 amide bonds. The second-order valence-electron chi connectivity index (χ2n) is 5.84. The lowest BCUT2D eigenvalue weighted by molar-refractivity contribution is -0.120. The molecule has 1 saturated heterocycles. The number of amides is 2. The van der Waals surface area contributed by atoms with Crippen LogP contribution in [0.15, 0.2) is 66.5 Å². The Hall–Kier alpha value is -3.55. The highest BCUT2D eigenvalue weighted by Gasteiger charge is 2.46. The molecule has 3 heterocycles. The molecule has 8 nitrogen and oxygen atoms in total. The Morgan fingerprint density at radius 2 is 2.12 bits per heavy atom. The number of aromatic nitrogens is 3. The van der Waals surface area contributed by atoms with E-state index in [4.69, 9.17) is 0 Å². The molecular weight excluding hydrogens is 332 g/mol. The second kappa shape index (κ2) is 7.14. The largest absolute Gasteiger partial charge is 0.344 e. The van der Waals surface area contributed by atoms with Crippen molar-refractivity contribution in [3.63, 3.8) is 0 Å². The van der Waals surface area contributed by atoms with Crippen molar-refractivity contribution in [2.45, 2.75) is 19.5 Å². The van der Waals surface area contributed by atoms with Crippen LogP contribution in [0.4, 0.5) is 5.82 Å². The Labute approximate surface area is 150 Å². The van der Waals surface area contributed by atoms with Crippen molar-refractivity contribution in [1.82, 2.24) is 25.2 Å². The molecule has 3 rings (SSSR count). The minimum Gasteiger partial charge on any atom is -0.344 e. The minimum atomic E-state index is -1.03. The highest BCUT2D eigenvalue weighted by molar-refractivity contribution is 5.99. The first-order valence-corrected chi connectivity index (χ1v) is 7.95. The van der Waals surface area contributed by atoms with Crippen molar-refractivity contribution >= 4 is 18.1 Å². The molecule has 2 aromatic rings. The Kier molecular flexibility index (Phi) is 4.74. The van der Waals surface area contributed by atoms with Gasteiger partial charge >= 0.3 is 0 Å². The zero-order valence-corrected chi connectivity index (χ0v) is 14.4. The molecule has 0 bridgehead atoms. The van der Waals surface area contributed by atoms with Gasteiger partial charge in [0.05, 0.1) is 5.69 Å². The third-order valence-electron chi connectivity index (χ3n) is 4.00. The van der Waals surface area contributed by atoms with Crippen LogP contribution in [-0.2, 0) is 15.3 Å². The smallest absolute Gasteiger partial charge is 0.270 e. The molecule has 26 heavy (non-hydrogen) atoms. The maximum absolute atomic E-state index is 12.4. The van der Waals surface area contributed by atoms with Gasteiger partial charge in [0.15, 0.2) is 5.66 Å². The van der Waals surface area contributed by atoms with Gasteiger partial charge < -0.3 is 10.6 Å². The lowest BCUT2D eigenvalue weighted by atomic mass is 10.1. The topological polar surface area (TPSA) is 100 Å². The van der Waals surface area contributed by atoms with Crippen LogP contribution < -0.4 is 10.6 Å². The number of anilines is 1. The Bertz CT molecular complexity index is 866. The molecular formula is C18H18N6O2. The number of allylic oxidation sites excluding steroid dienone is 3. The van der Waals surface area contributed by atoms with Crippen LogP contribution in [0.25, 0.3) is 0 Å². The summed E-state index contributed by atoms with van der Waals surface area (Å²) < 4.78 is 0. The lowest BCUT2D eigenvalue weighted by Gasteiger charge is -2.30. The van der Waals surface area contributed by atoms with Gasteiger partial charge in [0.1, 0.15) is 17.8 Å². The van der Waals surface area contributed by atoms with E-state index >= 15 is 0 Å². The number of carbonyl (C=O) groups excluding carboxylic acids is 2. The van der Waals surface area contributed by atoms with E-state index in [-0.39, 0.29) is 11.6 Å². The first-order valence-electron chi connectivity index (χ1n) is 7.95. The summed E-state index contributed by atoms with van der Waals surface area (Å²) in [6.45, 7) is 3.56. The molecule has 0 spiro atoms. The minimum absolute atomic E-state index is 0.233. The molecule has 0 aliphatic carbocycles. The van der Waals surface area contributed by atoms with Gasteiger partial charge in [-0.3, -0.25) is 19.5 Å². The van der Waals surface area contributed by atoms with Crippen molar-refractivity contribution in [3.05, 3.63) is 72.2 Å². The van der Waals surface area contributed by atoms with E-state index in [1.165, 1.54) is 11.2 Å². The fourth-order valence-electron chi connectivity index (χ4n) is 2.66. The fraction of sp³-hybridized carbons (Fsp3) is 0.167. The molecule has 2 N–H and O–H groups in total. The molecule has 132 valence electrons. The summed E-state index contributed by atoms with van der Waals surface area (Å²) in [4.78, 5) is 37.7. The lowest BCUT2D eigenvalue weighted by Crippen LogP contribution is -2.46. The van der Waals surface area contributed by atoms with E-state index in [0.29, 0.717) is 17.9 Å². The standard InChI is InChI=1S/C18H18N6O2/c1-13(22-16-8-10-19-11-21-16)6-7-14-17(26)23-18(2,24(14)12-25)15-5-3-4-9-20-15/h3-12H,1-2H3,(H,23,26)(H,19,21,22)/b13-6+,14-7-. The molecule has 1 aliphatic heterocycles. The van der Waals surface area contributed by atoms with Crippen LogP contribution in [0.3, 0.4) is 0 Å². The van der Waals surface area contributed by atoms with Crippen molar-refractivity contribution in [1.29, 1.82) is 0 Å². The first-order chi connectivity index (χ1) is 12.5. The Morgan fingerprint density at radius 3 is 2.77 bits per heavy atom. The molecule has 0 radical (unpaired) electrons. The quantitative estimate of drug-likeness (QED) is 0.627. The van der Waals surface area contributed by atoms with Crippen molar-refractivity contribution < 1.29 is 9.59 Å². The van der Waals surface area contributed by atoms with Gasteiger partial charge in [0.2, 0.25) is 6.41 Å². The number of hydrogen-bond acceptors (Lipinski definition) is 6. The van der Waals surface area contributed by atoms with Crippen molar-refractivity contribution in [2.24, 2.45) is 0 Å². The Balaban J connectivity index is 1.87. The van der Waals surface area contributed by atoms with E-state index in [0.717, 1.165) is 5.70 Å². The van der Waals surface area contributed by atoms with Gasteiger partial charge in [-0.15, -0.1) is 0 Å². The van der Waals surface area contributed by atoms with Crippen LogP contribution >= 0.6 is 0 Å². The monoisotopic (exact) mass is 350 g/mol. The van der Waals surface area contributed by atoms with E-state index in [2.05, 4.69) is 25.6 Å². The van der Waals surface area contributed by atoms with Gasteiger partial charge in [0, 0.05) is 18.1 Å². The van der Waals surface area contributed by atoms with Crippen molar-refractivity contribution in [2.75, 3.05) is 5.32 Å². The van der Waals surface area contributed by atoms with Gasteiger partial charge in [-0.2, -0.15) is 0 Å². The highest BCUT2D eigenvalue weighted by atomic mass is 16.2. The van der Waals surface area contributed by atoms with Crippen LogP contribution in [0.2, 0.25) is 0 Å². The average Bonchev–Trinajstić information content (AvgIpc) is 2.91. The van der Waals surface area contributed by atoms with E-state index in [9.17, 15) is 9.59 Å². The SMILES string of the molecule is C/C(=C\C=C1\C(=O)NC(C)(c2ccccn2)N1C=O)Nc1ccncn1. The molecule has 2 aromatic heterocycles. The van der Waals surface area contributed by atoms with E-state index in [1.807, 2.05) is 6.92 Å². The molecule has 0 saturated carbocycles. The molecule has 1 atom stereocenters. The third kappa shape index (κ3) is 3.30. The molecule has 8 heteroatoms. The number of hydrogen-bond donors (Lipinski definition) is 2. The van der Waals surface area contributed by atoms with Gasteiger partial charge in [-0.05, 0) is 44.2 Å². The molecule has 1 fully saturated rings. The first kappa shape index (κ1) is 17.3. The molecule has 1 unspecified atom stereocenters. The van der Waals surface area contributed by atoms with Crippen LogP contribution in [-0.4, -0.2) is 32.2 Å². The number of rotatable bonds is 5. The summed E-state index contributed by atoms with van der Waals surface area (Å²) in [5.41, 5.74) is 0.523. The Morgan fingerprint density at radius 1 is 1.27 bits per heavy atom. The van der Waals surface area contributed by atoms with Gasteiger partial charge in [-0.25, -0.2) is 9.97 Å². The van der Waals surface area contributed by atoms with Crippen LogP contribution in [0, 0.1) is 0 Å². The summed E-state index contributed by atoms with van der Waals surface area (Å²) in [6, 6.07) is 7.07. The van der Waals surface area contributed by atoms with Crippen LogP contribution in [0.5, 0.6) is 0 Å². The predicted octanol–water partition coefficient (Wildman–Crippen LogP) is 1.53. The average molecular weight is 350 g/mol. The van der Waals surface area contributed by atoms with Gasteiger partial charge in [0.25, 0.3) is 5.91 Å². The highest BCUT2D eigenvalue weighted by Crippen LogP contribution is 2.32. The third-order valence-corrected chi connectivity index (χ3v) is 4.00. The number of pyridine rings is 1. The normalized spacial score (nSPS) is 21.6. The van der Waals surface area contributed by atoms with E-state index in [1.54, 1.807) is 55.7 Å². The summed E-state index contributed by atoms with van der Waals surface area (Å²) in [6.07, 6.45) is 8.59. The second-order valence-corrected chi connectivity index (χ2v) is 5.84. The summed E-state index contributed by atoms with van der Waals surface area (Å²) in [7, 11) is 0. The fourth-order valence-corrected chi connectivity index (χ4v) is 2.66. The summed E-state index contributed by atoms with van der Waals surface area (Å²) in [5.74, 6) is 0.282. The van der Waals surface area contributed by atoms with Gasteiger partial charge in [-0.1, -0.05) is 6.07 Å². The van der Waals surface area contributed by atoms with E-state index < -0.39 is 5.66 Å². The number of carbonyl (C=O) groups is 2. The maximum Gasteiger partial charge on any atom is 0.270 e. The van der Waals surface area contributed by atoms with Crippen LogP contribution in [0.1, 0.15) is 19.5 Å². The van der Waals surface area contributed by atoms with Crippen molar-refractivity contribution in [3.8, 4) is 0 Å². The molecule has 1 aliphatic rings. The molecule has 0 aromatic carbocycles. The zero-order chi connectivity index (χ0) is 18.6.